The van der Waals surface area contributed by atoms with Gasteiger partial charge in [0.05, 0.1) is 5.69 Å². The lowest BCUT2D eigenvalue weighted by molar-refractivity contribution is -0.113. The van der Waals surface area contributed by atoms with Gasteiger partial charge in [-0.15, -0.1) is 0 Å². The smallest absolute Gasteiger partial charge is 0.176 e. The molecule has 7 aromatic rings. The zero-order valence-electron chi connectivity index (χ0n) is 31.9. The van der Waals surface area contributed by atoms with Crippen LogP contribution in [-0.4, -0.2) is 25.3 Å². The largest absolute Gasteiger partial charge is 0.346 e. The predicted octanol–water partition coefficient (Wildman–Crippen LogP) is 12.0. The van der Waals surface area contributed by atoms with Gasteiger partial charge in [0.15, 0.2) is 11.6 Å². The van der Waals surface area contributed by atoms with Crippen LogP contribution in [0.25, 0.3) is 38.8 Å². The lowest BCUT2D eigenvalue weighted by Gasteiger charge is -2.06. The summed E-state index contributed by atoms with van der Waals surface area (Å²) in [6.07, 6.45) is 2.76. The van der Waals surface area contributed by atoms with Crippen LogP contribution in [0.15, 0.2) is 114 Å². The Morgan fingerprint density at radius 1 is 0.564 bits per heavy atom. The number of nitrogens with zero attached hydrogens (tertiary/aromatic N) is 3. The Morgan fingerprint density at radius 2 is 0.964 bits per heavy atom. The number of allylic oxidation sites excluding steroid dienone is 1. The SMILES string of the molecule is CC(=O)C1=Cc2cc(Br)ccc2C1.CC(=O)c1cc2cc(Br)ccc2n1C.CC(N)c1cc2cc(Br)ccc2n1C.CC(N)c1cc2cc(Br)ccc2n1C. The van der Waals surface area contributed by atoms with Crippen LogP contribution >= 0.6 is 63.7 Å². The van der Waals surface area contributed by atoms with Crippen LogP contribution in [0.2, 0.25) is 0 Å². The molecule has 0 bridgehead atoms. The van der Waals surface area contributed by atoms with Gasteiger partial charge in [0.25, 0.3) is 0 Å². The van der Waals surface area contributed by atoms with Crippen LogP contribution in [0.5, 0.6) is 0 Å². The van der Waals surface area contributed by atoms with Gasteiger partial charge in [-0.25, -0.2) is 0 Å². The van der Waals surface area contributed by atoms with Gasteiger partial charge in [0.1, 0.15) is 0 Å². The summed E-state index contributed by atoms with van der Waals surface area (Å²) in [7, 11) is 6.01. The summed E-state index contributed by atoms with van der Waals surface area (Å²) in [5, 5.41) is 3.55. The van der Waals surface area contributed by atoms with E-state index in [4.69, 9.17) is 11.5 Å². The summed E-state index contributed by atoms with van der Waals surface area (Å²) >= 11 is 13.7. The molecule has 2 atom stereocenters. The molecule has 4 aromatic carbocycles. The third-order valence-electron chi connectivity index (χ3n) is 9.65. The molecule has 286 valence electrons. The maximum absolute atomic E-state index is 11.3. The fourth-order valence-electron chi connectivity index (χ4n) is 6.75. The lowest BCUT2D eigenvalue weighted by atomic mass is 10.1. The second kappa shape index (κ2) is 18.1. The van der Waals surface area contributed by atoms with Crippen molar-refractivity contribution in [3.8, 4) is 0 Å². The summed E-state index contributed by atoms with van der Waals surface area (Å²) in [6, 6.07) is 31.0. The minimum atomic E-state index is 0.0752. The van der Waals surface area contributed by atoms with Crippen molar-refractivity contribution in [3.63, 3.8) is 0 Å². The van der Waals surface area contributed by atoms with Crippen molar-refractivity contribution in [2.75, 3.05) is 0 Å². The number of hydrogen-bond donors (Lipinski definition) is 2. The van der Waals surface area contributed by atoms with E-state index in [1.54, 1.807) is 13.8 Å². The second-order valence-corrected chi connectivity index (χ2v) is 17.5. The molecule has 4 N–H and O–H groups in total. The fourth-order valence-corrected chi connectivity index (χ4v) is 8.26. The van der Waals surface area contributed by atoms with Gasteiger partial charge >= 0.3 is 0 Å². The first kappa shape index (κ1) is 42.6. The van der Waals surface area contributed by atoms with E-state index in [2.05, 4.69) is 129 Å². The van der Waals surface area contributed by atoms with E-state index in [0.717, 1.165) is 57.9 Å². The number of nitrogens with two attached hydrogens (primary N) is 2. The highest BCUT2D eigenvalue weighted by molar-refractivity contribution is 9.11. The number of carbonyl (C=O) groups excluding carboxylic acids is 2. The molecule has 0 saturated heterocycles. The molecule has 1 aliphatic carbocycles. The number of fused-ring (bicyclic) bond motifs is 4. The number of Topliss-reactive ketones (excluding diaryl/α,β-unsaturated/α-hetero) is 2. The van der Waals surface area contributed by atoms with E-state index in [0.29, 0.717) is 0 Å². The molecule has 0 aliphatic heterocycles. The molecule has 3 aromatic heterocycles. The quantitative estimate of drug-likeness (QED) is 0.172. The van der Waals surface area contributed by atoms with Gasteiger partial charge in [-0.1, -0.05) is 69.8 Å². The summed E-state index contributed by atoms with van der Waals surface area (Å²) in [4.78, 5) is 22.4. The Hall–Kier alpha value is -3.58. The van der Waals surface area contributed by atoms with Crippen LogP contribution in [0.1, 0.15) is 72.8 Å². The summed E-state index contributed by atoms with van der Waals surface area (Å²) in [5.41, 5.74) is 21.7. The highest BCUT2D eigenvalue weighted by atomic mass is 79.9. The van der Waals surface area contributed by atoms with Gasteiger partial charge < -0.3 is 25.2 Å². The van der Waals surface area contributed by atoms with Gasteiger partial charge in [-0.05, 0) is 128 Å². The number of hydrogen-bond acceptors (Lipinski definition) is 4. The van der Waals surface area contributed by atoms with Crippen molar-refractivity contribution in [1.29, 1.82) is 0 Å². The summed E-state index contributed by atoms with van der Waals surface area (Å²) in [5.74, 6) is 0.271. The molecule has 11 heteroatoms. The molecule has 0 fully saturated rings. The molecular weight excluding hydrogens is 950 g/mol. The van der Waals surface area contributed by atoms with Gasteiger partial charge in [0.2, 0.25) is 0 Å². The molecular formula is C44H45Br4N5O2. The van der Waals surface area contributed by atoms with Crippen molar-refractivity contribution in [3.05, 3.63) is 143 Å². The van der Waals surface area contributed by atoms with Crippen molar-refractivity contribution in [2.24, 2.45) is 32.6 Å². The Balaban J connectivity index is 0.000000141. The summed E-state index contributed by atoms with van der Waals surface area (Å²) < 4.78 is 10.5. The standard InChI is InChI=1S/2C11H13BrN2.C11H10BrNO.C11H9BrO/c2*1-7(13)11-6-8-5-9(12)3-4-10(8)14(11)2;1-7(14)11-6-8-5-9(12)3-4-10(8)13(11)2;1-7(13)9-4-8-2-3-11(12)6-10(8)5-9/h2*3-7H,13H2,1-2H3;3-6H,1-2H3;2-3,5-6H,4H2,1H3. The maximum Gasteiger partial charge on any atom is 0.176 e. The molecule has 3 heterocycles. The molecule has 0 saturated carbocycles. The predicted molar refractivity (Wildman–Crippen MR) is 244 cm³/mol. The Bertz CT molecular complexity index is 2480. The van der Waals surface area contributed by atoms with Crippen molar-refractivity contribution >= 4 is 114 Å². The van der Waals surface area contributed by atoms with Crippen LogP contribution in [0.4, 0.5) is 0 Å². The van der Waals surface area contributed by atoms with Crippen LogP contribution in [0, 0.1) is 0 Å². The minimum Gasteiger partial charge on any atom is -0.346 e. The van der Waals surface area contributed by atoms with Crippen LogP contribution in [-0.2, 0) is 32.4 Å². The molecule has 8 rings (SSSR count). The molecule has 7 nitrogen and oxygen atoms in total. The third-order valence-corrected chi connectivity index (χ3v) is 11.6. The second-order valence-electron chi connectivity index (χ2n) is 13.8. The van der Waals surface area contributed by atoms with E-state index >= 15 is 0 Å². The highest BCUT2D eigenvalue weighted by Gasteiger charge is 2.15. The van der Waals surface area contributed by atoms with Crippen molar-refractivity contribution in [1.82, 2.24) is 13.7 Å². The van der Waals surface area contributed by atoms with Crippen LogP contribution < -0.4 is 11.5 Å². The van der Waals surface area contributed by atoms with Gasteiger partial charge in [-0.3, -0.25) is 9.59 Å². The molecule has 2 unspecified atom stereocenters. The molecule has 1 aliphatic rings. The average Bonchev–Trinajstić information content (AvgIpc) is 3.87. The number of carbonyl (C=O) groups is 2. The molecule has 0 amide bonds. The number of ketones is 2. The topological polar surface area (TPSA) is 101 Å². The number of benzene rings is 4. The number of rotatable bonds is 4. The molecule has 0 spiro atoms. The van der Waals surface area contributed by atoms with Crippen LogP contribution in [0.3, 0.4) is 0 Å². The van der Waals surface area contributed by atoms with Gasteiger partial charge in [-0.2, -0.15) is 0 Å². The van der Waals surface area contributed by atoms with E-state index in [1.165, 1.54) is 32.9 Å². The van der Waals surface area contributed by atoms with E-state index in [-0.39, 0.29) is 23.7 Å². The molecule has 55 heavy (non-hydrogen) atoms. The van der Waals surface area contributed by atoms with Crippen molar-refractivity contribution in [2.45, 2.75) is 46.2 Å². The Kier molecular flexibility index (Phi) is 14.0. The number of aryl methyl sites for hydroxylation is 3. The maximum atomic E-state index is 11.3. The normalized spacial score (nSPS) is 12.9. The first-order valence-electron chi connectivity index (χ1n) is 17.7. The lowest BCUT2D eigenvalue weighted by Crippen LogP contribution is -2.09. The van der Waals surface area contributed by atoms with Crippen molar-refractivity contribution < 1.29 is 9.59 Å². The van der Waals surface area contributed by atoms with E-state index in [1.807, 2.05) is 80.1 Å². The van der Waals surface area contributed by atoms with E-state index in [9.17, 15) is 9.59 Å². The number of aromatic nitrogens is 3. The Labute approximate surface area is 356 Å². The zero-order valence-corrected chi connectivity index (χ0v) is 38.3. The number of halogens is 4. The third kappa shape index (κ3) is 10.1. The summed E-state index contributed by atoms with van der Waals surface area (Å²) in [6.45, 7) is 7.21. The molecule has 0 radical (unpaired) electrons. The zero-order chi connectivity index (χ0) is 40.3. The minimum absolute atomic E-state index is 0.0752. The van der Waals surface area contributed by atoms with E-state index < -0.39 is 0 Å². The first-order chi connectivity index (χ1) is 25.9. The van der Waals surface area contributed by atoms with Gasteiger partial charge in [0, 0.05) is 109 Å². The first-order valence-corrected chi connectivity index (χ1v) is 20.9. The highest BCUT2D eigenvalue weighted by Crippen LogP contribution is 2.29. The average molecular weight is 995 g/mol. The Morgan fingerprint density at radius 3 is 1.38 bits per heavy atom. The monoisotopic (exact) mass is 991 g/mol. The fraction of sp³-hybridized carbons (Fsp3) is 0.227.